The van der Waals surface area contributed by atoms with E-state index in [0.717, 1.165) is 13.0 Å². The van der Waals surface area contributed by atoms with Crippen molar-refractivity contribution in [2.45, 2.75) is 25.3 Å². The second-order valence-electron chi connectivity index (χ2n) is 5.29. The highest BCUT2D eigenvalue weighted by atomic mass is 16.5. The van der Waals surface area contributed by atoms with Crippen molar-refractivity contribution < 1.29 is 9.53 Å². The summed E-state index contributed by atoms with van der Waals surface area (Å²) in [7, 11) is 2.11. The van der Waals surface area contributed by atoms with Crippen LogP contribution in [-0.4, -0.2) is 43.6 Å². The van der Waals surface area contributed by atoms with Crippen LogP contribution in [0.4, 0.5) is 5.69 Å². The zero-order chi connectivity index (χ0) is 14.4. The van der Waals surface area contributed by atoms with Crippen LogP contribution in [0.3, 0.4) is 0 Å². The van der Waals surface area contributed by atoms with E-state index in [0.29, 0.717) is 24.0 Å². The molecule has 5 heteroatoms. The van der Waals surface area contributed by atoms with E-state index in [1.807, 2.05) is 0 Å². The van der Waals surface area contributed by atoms with Crippen LogP contribution >= 0.6 is 0 Å². The van der Waals surface area contributed by atoms with Gasteiger partial charge in [0.05, 0.1) is 0 Å². The summed E-state index contributed by atoms with van der Waals surface area (Å²) in [6.07, 6.45) is 3.64. The minimum absolute atomic E-state index is 0.0420. The molecule has 3 N–H and O–H groups in total. The topological polar surface area (TPSA) is 67.6 Å². The van der Waals surface area contributed by atoms with Crippen LogP contribution in [0.2, 0.25) is 0 Å². The summed E-state index contributed by atoms with van der Waals surface area (Å²) >= 11 is 0. The van der Waals surface area contributed by atoms with Gasteiger partial charge >= 0.3 is 0 Å². The van der Waals surface area contributed by atoms with Gasteiger partial charge in [-0.25, -0.2) is 0 Å². The first-order valence-electron chi connectivity index (χ1n) is 7.10. The number of nitrogens with zero attached hydrogens (tertiary/aromatic N) is 1. The highest BCUT2D eigenvalue weighted by Gasteiger charge is 2.19. The normalized spacial score (nSPS) is 19.6. The van der Waals surface area contributed by atoms with E-state index in [1.54, 1.807) is 24.3 Å². The van der Waals surface area contributed by atoms with Crippen molar-refractivity contribution in [3.8, 4) is 5.75 Å². The number of nitrogens with one attached hydrogen (secondary N) is 1. The fourth-order valence-corrected chi connectivity index (χ4v) is 2.40. The van der Waals surface area contributed by atoms with Crippen molar-refractivity contribution >= 4 is 11.6 Å². The average molecular weight is 277 g/mol. The molecule has 5 nitrogen and oxygen atoms in total. The quantitative estimate of drug-likeness (QED) is 0.795. The minimum Gasteiger partial charge on any atom is -0.484 e. The Kier molecular flexibility index (Phi) is 5.24. The summed E-state index contributed by atoms with van der Waals surface area (Å²) < 4.78 is 5.41. The van der Waals surface area contributed by atoms with Gasteiger partial charge in [0.15, 0.2) is 6.61 Å². The number of hydrogen-bond donors (Lipinski definition) is 2. The fraction of sp³-hybridized carbons (Fsp3) is 0.533. The number of ether oxygens (including phenoxy) is 1. The van der Waals surface area contributed by atoms with Gasteiger partial charge in [-0.1, -0.05) is 6.42 Å². The third kappa shape index (κ3) is 4.42. The summed E-state index contributed by atoms with van der Waals surface area (Å²) in [4.78, 5) is 14.1. The Labute approximate surface area is 120 Å². The monoisotopic (exact) mass is 277 g/mol. The smallest absolute Gasteiger partial charge is 0.257 e. The molecule has 2 rings (SSSR count). The Morgan fingerprint density at radius 3 is 2.85 bits per heavy atom. The Bertz CT molecular complexity index is 433. The van der Waals surface area contributed by atoms with Crippen molar-refractivity contribution in [3.63, 3.8) is 0 Å². The number of nitrogens with two attached hydrogens (primary N) is 1. The molecule has 0 bridgehead atoms. The molecule has 0 radical (unpaired) electrons. The third-order valence-electron chi connectivity index (χ3n) is 3.71. The van der Waals surface area contributed by atoms with Crippen molar-refractivity contribution in [1.82, 2.24) is 10.2 Å². The number of carbonyl (C=O) groups is 1. The van der Waals surface area contributed by atoms with Crippen LogP contribution in [0, 0.1) is 0 Å². The van der Waals surface area contributed by atoms with Gasteiger partial charge in [0, 0.05) is 18.3 Å². The van der Waals surface area contributed by atoms with Crippen LogP contribution in [-0.2, 0) is 4.79 Å². The van der Waals surface area contributed by atoms with Crippen molar-refractivity contribution in [2.24, 2.45) is 0 Å². The summed E-state index contributed by atoms with van der Waals surface area (Å²) in [5.41, 5.74) is 6.27. The molecule has 1 aliphatic heterocycles. The number of piperidine rings is 1. The second kappa shape index (κ2) is 7.14. The molecule has 0 spiro atoms. The largest absolute Gasteiger partial charge is 0.484 e. The van der Waals surface area contributed by atoms with E-state index >= 15 is 0 Å². The number of anilines is 1. The first kappa shape index (κ1) is 14.7. The summed E-state index contributed by atoms with van der Waals surface area (Å²) in [5.74, 6) is 0.574. The number of hydrogen-bond acceptors (Lipinski definition) is 4. The molecule has 1 aromatic rings. The number of benzene rings is 1. The zero-order valence-electron chi connectivity index (χ0n) is 12.0. The van der Waals surface area contributed by atoms with E-state index in [1.165, 1.54) is 12.8 Å². The molecule has 1 atom stereocenters. The van der Waals surface area contributed by atoms with Crippen LogP contribution in [0.25, 0.3) is 0 Å². The Morgan fingerprint density at radius 2 is 2.15 bits per heavy atom. The van der Waals surface area contributed by atoms with Crippen LogP contribution in [0.15, 0.2) is 24.3 Å². The van der Waals surface area contributed by atoms with Crippen LogP contribution < -0.4 is 15.8 Å². The molecule has 0 aromatic heterocycles. The molecule has 1 amide bonds. The maximum absolute atomic E-state index is 11.8. The number of likely N-dealkylation sites (tertiary alicyclic amines) is 1. The maximum atomic E-state index is 11.8. The molecule has 1 aromatic carbocycles. The third-order valence-corrected chi connectivity index (χ3v) is 3.71. The number of rotatable bonds is 5. The summed E-state index contributed by atoms with van der Waals surface area (Å²) in [6, 6.07) is 7.48. The lowest BCUT2D eigenvalue weighted by molar-refractivity contribution is -0.123. The van der Waals surface area contributed by atoms with Crippen molar-refractivity contribution in [3.05, 3.63) is 24.3 Å². The summed E-state index contributed by atoms with van der Waals surface area (Å²) in [5, 5.41) is 2.93. The van der Waals surface area contributed by atoms with Crippen LogP contribution in [0.1, 0.15) is 19.3 Å². The van der Waals surface area contributed by atoms with E-state index in [-0.39, 0.29) is 12.5 Å². The lowest BCUT2D eigenvalue weighted by atomic mass is 10.0. The van der Waals surface area contributed by atoms with Gasteiger partial charge in [0.25, 0.3) is 5.91 Å². The van der Waals surface area contributed by atoms with E-state index in [4.69, 9.17) is 10.5 Å². The second-order valence-corrected chi connectivity index (χ2v) is 5.29. The minimum atomic E-state index is -0.0826. The van der Waals surface area contributed by atoms with Gasteiger partial charge in [-0.05, 0) is 50.7 Å². The highest BCUT2D eigenvalue weighted by Crippen LogP contribution is 2.14. The first-order valence-corrected chi connectivity index (χ1v) is 7.10. The first-order chi connectivity index (χ1) is 9.65. The van der Waals surface area contributed by atoms with Gasteiger partial charge in [0.1, 0.15) is 5.75 Å². The summed E-state index contributed by atoms with van der Waals surface area (Å²) in [6.45, 7) is 1.85. The number of likely N-dealkylation sites (N-methyl/N-ethyl adjacent to an activating group) is 1. The molecule has 1 fully saturated rings. The Hall–Kier alpha value is -1.75. The predicted octanol–water partition coefficient (Wildman–Crippen LogP) is 1.25. The Balaban J connectivity index is 1.68. The average Bonchev–Trinajstić information content (AvgIpc) is 2.46. The predicted molar refractivity (Wildman–Crippen MR) is 79.6 cm³/mol. The van der Waals surface area contributed by atoms with Gasteiger partial charge in [-0.15, -0.1) is 0 Å². The van der Waals surface area contributed by atoms with E-state index in [2.05, 4.69) is 17.3 Å². The van der Waals surface area contributed by atoms with E-state index < -0.39 is 0 Å². The highest BCUT2D eigenvalue weighted by molar-refractivity contribution is 5.77. The lowest BCUT2D eigenvalue weighted by Crippen LogP contribution is -2.45. The number of carbonyl (C=O) groups excluding carboxylic acids is 1. The van der Waals surface area contributed by atoms with Gasteiger partial charge in [0.2, 0.25) is 0 Å². The lowest BCUT2D eigenvalue weighted by Gasteiger charge is -2.32. The van der Waals surface area contributed by atoms with Gasteiger partial charge < -0.3 is 20.7 Å². The van der Waals surface area contributed by atoms with Crippen molar-refractivity contribution in [2.75, 3.05) is 32.5 Å². The standard InChI is InChI=1S/C15H23N3O2/c1-18-9-3-2-4-13(18)10-17-15(19)11-20-14-7-5-12(16)6-8-14/h5-8,13H,2-4,9-11,16H2,1H3,(H,17,19). The molecule has 110 valence electrons. The molecular formula is C15H23N3O2. The fourth-order valence-electron chi connectivity index (χ4n) is 2.40. The van der Waals surface area contributed by atoms with Gasteiger partial charge in [-0.3, -0.25) is 4.79 Å². The molecule has 1 saturated heterocycles. The molecular weight excluding hydrogens is 254 g/mol. The number of amides is 1. The van der Waals surface area contributed by atoms with Crippen LogP contribution in [0.5, 0.6) is 5.75 Å². The molecule has 20 heavy (non-hydrogen) atoms. The molecule has 1 unspecified atom stereocenters. The molecule has 0 saturated carbocycles. The zero-order valence-corrected chi connectivity index (χ0v) is 12.0. The van der Waals surface area contributed by atoms with Gasteiger partial charge in [-0.2, -0.15) is 0 Å². The SMILES string of the molecule is CN1CCCCC1CNC(=O)COc1ccc(N)cc1. The molecule has 1 aliphatic rings. The van der Waals surface area contributed by atoms with Crippen molar-refractivity contribution in [1.29, 1.82) is 0 Å². The molecule has 1 heterocycles. The molecule has 0 aliphatic carbocycles. The maximum Gasteiger partial charge on any atom is 0.257 e. The Morgan fingerprint density at radius 1 is 1.40 bits per heavy atom. The number of nitrogen functional groups attached to an aromatic ring is 1. The van der Waals surface area contributed by atoms with E-state index in [9.17, 15) is 4.79 Å².